The highest BCUT2D eigenvalue weighted by Gasteiger charge is 2.00. The van der Waals surface area contributed by atoms with Gasteiger partial charge in [-0.1, -0.05) is 32.6 Å². The number of nitrogens with one attached hydrogen (secondary N) is 2. The minimum Gasteiger partial charge on any atom is -0.359 e. The van der Waals surface area contributed by atoms with E-state index in [1.165, 1.54) is 12.8 Å². The maximum Gasteiger partial charge on any atom is 0.219 e. The lowest BCUT2D eigenvalue weighted by molar-refractivity contribution is -0.122. The molecule has 2 amide bonds. The molecule has 0 fully saturated rings. The lowest BCUT2D eigenvalue weighted by Gasteiger charge is -2.05. The van der Waals surface area contributed by atoms with Gasteiger partial charge in [-0.25, -0.2) is 0 Å². The monoisotopic (exact) mass is 256 g/mol. The number of carbonyl (C=O) groups excluding carboxylic acids is 2. The number of rotatable bonds is 11. The van der Waals surface area contributed by atoms with Crippen molar-refractivity contribution in [2.24, 2.45) is 0 Å². The predicted molar refractivity (Wildman–Crippen MR) is 74.3 cm³/mol. The highest BCUT2D eigenvalue weighted by atomic mass is 16.2. The van der Waals surface area contributed by atoms with Crippen LogP contribution in [-0.2, 0) is 9.59 Å². The van der Waals surface area contributed by atoms with E-state index in [2.05, 4.69) is 17.6 Å². The quantitative estimate of drug-likeness (QED) is 0.558. The van der Waals surface area contributed by atoms with E-state index in [0.29, 0.717) is 12.8 Å². The zero-order valence-corrected chi connectivity index (χ0v) is 11.9. The molecule has 0 aromatic heterocycles. The Morgan fingerprint density at radius 3 is 2.06 bits per heavy atom. The molecule has 0 radical (unpaired) electrons. The molecule has 4 heteroatoms. The highest BCUT2D eigenvalue weighted by molar-refractivity contribution is 5.76. The second kappa shape index (κ2) is 12.4. The second-order valence-electron chi connectivity index (χ2n) is 4.64. The molecule has 0 heterocycles. The van der Waals surface area contributed by atoms with Crippen LogP contribution < -0.4 is 10.6 Å². The summed E-state index contributed by atoms with van der Waals surface area (Å²) in [6.45, 7) is 2.90. The van der Waals surface area contributed by atoms with Gasteiger partial charge >= 0.3 is 0 Å². The van der Waals surface area contributed by atoms with Gasteiger partial charge in [-0.05, 0) is 19.3 Å². The van der Waals surface area contributed by atoms with Crippen LogP contribution in [0.2, 0.25) is 0 Å². The van der Waals surface area contributed by atoms with E-state index in [1.807, 2.05) is 0 Å². The Labute approximate surface area is 111 Å². The lowest BCUT2D eigenvalue weighted by atomic mass is 10.1. The Morgan fingerprint density at radius 1 is 0.833 bits per heavy atom. The van der Waals surface area contributed by atoms with Gasteiger partial charge in [-0.15, -0.1) is 0 Å². The molecule has 0 aromatic rings. The fourth-order valence-corrected chi connectivity index (χ4v) is 1.74. The number of carbonyl (C=O) groups is 2. The molecule has 0 aromatic carbocycles. The first-order valence-corrected chi connectivity index (χ1v) is 7.18. The van der Waals surface area contributed by atoms with Gasteiger partial charge in [-0.3, -0.25) is 9.59 Å². The minimum absolute atomic E-state index is 0.0926. The summed E-state index contributed by atoms with van der Waals surface area (Å²) in [4.78, 5) is 22.4. The fourth-order valence-electron chi connectivity index (χ4n) is 1.74. The van der Waals surface area contributed by atoms with Gasteiger partial charge in [0.05, 0.1) is 0 Å². The summed E-state index contributed by atoms with van der Waals surface area (Å²) in [6, 6.07) is 0. The van der Waals surface area contributed by atoms with Crippen molar-refractivity contribution in [3.05, 3.63) is 0 Å². The Kier molecular flexibility index (Phi) is 11.7. The van der Waals surface area contributed by atoms with Gasteiger partial charge in [0.15, 0.2) is 0 Å². The molecule has 0 spiro atoms. The SMILES string of the molecule is CCCCCCC(=O)NCCCCCC(=O)NC. The van der Waals surface area contributed by atoms with E-state index in [4.69, 9.17) is 0 Å². The topological polar surface area (TPSA) is 58.2 Å². The van der Waals surface area contributed by atoms with Crippen LogP contribution in [0.15, 0.2) is 0 Å². The number of unbranched alkanes of at least 4 members (excludes halogenated alkanes) is 5. The Balaban J connectivity index is 3.22. The second-order valence-corrected chi connectivity index (χ2v) is 4.64. The average Bonchev–Trinajstić information content (AvgIpc) is 2.38. The van der Waals surface area contributed by atoms with Gasteiger partial charge in [0.25, 0.3) is 0 Å². The van der Waals surface area contributed by atoms with E-state index < -0.39 is 0 Å². The molecule has 0 bridgehead atoms. The summed E-state index contributed by atoms with van der Waals surface area (Å²) in [7, 11) is 1.65. The molecular formula is C14H28N2O2. The number of hydrogen-bond acceptors (Lipinski definition) is 2. The van der Waals surface area contributed by atoms with E-state index in [-0.39, 0.29) is 11.8 Å². The molecule has 2 N–H and O–H groups in total. The Bertz CT molecular complexity index is 230. The van der Waals surface area contributed by atoms with Crippen LogP contribution in [0.1, 0.15) is 64.7 Å². The molecule has 0 atom stereocenters. The molecular weight excluding hydrogens is 228 g/mol. The largest absolute Gasteiger partial charge is 0.359 e. The lowest BCUT2D eigenvalue weighted by Crippen LogP contribution is -2.24. The minimum atomic E-state index is 0.0926. The van der Waals surface area contributed by atoms with Gasteiger partial charge in [-0.2, -0.15) is 0 Å². The summed E-state index contributed by atoms with van der Waals surface area (Å²) in [6.07, 6.45) is 8.64. The summed E-state index contributed by atoms with van der Waals surface area (Å²) in [5.41, 5.74) is 0. The molecule has 0 unspecified atom stereocenters. The van der Waals surface area contributed by atoms with Crippen molar-refractivity contribution < 1.29 is 9.59 Å². The zero-order chi connectivity index (χ0) is 13.6. The number of amides is 2. The molecule has 0 saturated carbocycles. The Hall–Kier alpha value is -1.06. The third-order valence-corrected chi connectivity index (χ3v) is 2.94. The first kappa shape index (κ1) is 16.9. The van der Waals surface area contributed by atoms with Gasteiger partial charge < -0.3 is 10.6 Å². The first-order valence-electron chi connectivity index (χ1n) is 7.18. The molecule has 4 nitrogen and oxygen atoms in total. The molecule has 0 aliphatic rings. The molecule has 18 heavy (non-hydrogen) atoms. The summed E-state index contributed by atoms with van der Waals surface area (Å²) in [5.74, 6) is 0.257. The fraction of sp³-hybridized carbons (Fsp3) is 0.857. The van der Waals surface area contributed by atoms with Crippen molar-refractivity contribution in [1.29, 1.82) is 0 Å². The molecule has 106 valence electrons. The van der Waals surface area contributed by atoms with E-state index in [0.717, 1.165) is 38.6 Å². The molecule has 0 aliphatic carbocycles. The van der Waals surface area contributed by atoms with Crippen molar-refractivity contribution in [1.82, 2.24) is 10.6 Å². The van der Waals surface area contributed by atoms with Crippen molar-refractivity contribution in [2.75, 3.05) is 13.6 Å². The summed E-state index contributed by atoms with van der Waals surface area (Å²) >= 11 is 0. The van der Waals surface area contributed by atoms with Crippen LogP contribution in [0.25, 0.3) is 0 Å². The third-order valence-electron chi connectivity index (χ3n) is 2.94. The third kappa shape index (κ3) is 11.4. The van der Waals surface area contributed by atoms with E-state index in [9.17, 15) is 9.59 Å². The Morgan fingerprint density at radius 2 is 1.44 bits per heavy atom. The summed E-state index contributed by atoms with van der Waals surface area (Å²) < 4.78 is 0. The highest BCUT2D eigenvalue weighted by Crippen LogP contribution is 2.02. The van der Waals surface area contributed by atoms with Crippen molar-refractivity contribution >= 4 is 11.8 Å². The predicted octanol–water partition coefficient (Wildman–Crippen LogP) is 2.38. The van der Waals surface area contributed by atoms with Crippen LogP contribution in [0.5, 0.6) is 0 Å². The molecule has 0 saturated heterocycles. The standard InChI is InChI=1S/C14H28N2O2/c1-3-4-5-7-11-14(18)16-12-9-6-8-10-13(17)15-2/h3-12H2,1-2H3,(H,15,17)(H,16,18). The molecule has 0 aliphatic heterocycles. The van der Waals surface area contributed by atoms with Crippen molar-refractivity contribution in [2.45, 2.75) is 64.7 Å². The van der Waals surface area contributed by atoms with Crippen LogP contribution in [0.3, 0.4) is 0 Å². The smallest absolute Gasteiger partial charge is 0.219 e. The summed E-state index contributed by atoms with van der Waals surface area (Å²) in [5, 5.41) is 5.52. The molecule has 0 rings (SSSR count). The van der Waals surface area contributed by atoms with Crippen molar-refractivity contribution in [3.8, 4) is 0 Å². The zero-order valence-electron chi connectivity index (χ0n) is 11.9. The average molecular weight is 256 g/mol. The van der Waals surface area contributed by atoms with Crippen molar-refractivity contribution in [3.63, 3.8) is 0 Å². The van der Waals surface area contributed by atoms with E-state index in [1.54, 1.807) is 7.05 Å². The number of hydrogen-bond donors (Lipinski definition) is 2. The van der Waals surface area contributed by atoms with E-state index >= 15 is 0 Å². The van der Waals surface area contributed by atoms with Crippen LogP contribution in [-0.4, -0.2) is 25.4 Å². The van der Waals surface area contributed by atoms with Gasteiger partial charge in [0.2, 0.25) is 11.8 Å². The van der Waals surface area contributed by atoms with Gasteiger partial charge in [0.1, 0.15) is 0 Å². The normalized spacial score (nSPS) is 10.1. The van der Waals surface area contributed by atoms with Gasteiger partial charge in [0, 0.05) is 26.4 Å². The van der Waals surface area contributed by atoms with Crippen LogP contribution >= 0.6 is 0 Å². The maximum atomic E-state index is 11.4. The van der Waals surface area contributed by atoms with Crippen LogP contribution in [0.4, 0.5) is 0 Å². The van der Waals surface area contributed by atoms with Crippen LogP contribution in [0, 0.1) is 0 Å². The first-order chi connectivity index (χ1) is 8.70. The maximum absolute atomic E-state index is 11.4.